The van der Waals surface area contributed by atoms with E-state index in [2.05, 4.69) is 28.1 Å². The summed E-state index contributed by atoms with van der Waals surface area (Å²) in [6.07, 6.45) is 4.60. The van der Waals surface area contributed by atoms with Gasteiger partial charge in [0.25, 0.3) is 0 Å². The van der Waals surface area contributed by atoms with Crippen molar-refractivity contribution in [2.24, 2.45) is 24.6 Å². The van der Waals surface area contributed by atoms with E-state index in [-0.39, 0.29) is 29.7 Å². The lowest BCUT2D eigenvalue weighted by atomic mass is 9.68. The molecule has 0 spiro atoms. The van der Waals surface area contributed by atoms with Crippen molar-refractivity contribution in [3.63, 3.8) is 0 Å². The maximum absolute atomic E-state index is 12.3. The van der Waals surface area contributed by atoms with E-state index in [1.54, 1.807) is 11.3 Å². The summed E-state index contributed by atoms with van der Waals surface area (Å²) < 4.78 is 3.00. The molecule has 1 amide bonds. The van der Waals surface area contributed by atoms with Gasteiger partial charge in [-0.05, 0) is 37.2 Å². The van der Waals surface area contributed by atoms with E-state index in [1.807, 2.05) is 36.1 Å². The Balaban J connectivity index is 1.56. The maximum atomic E-state index is 12.3. The molecule has 4 atom stereocenters. The Morgan fingerprint density at radius 1 is 1.37 bits per heavy atom. The molecule has 1 saturated heterocycles. The highest BCUT2D eigenvalue weighted by atomic mass is 32.1. The second-order valence-electron chi connectivity index (χ2n) is 8.24. The van der Waals surface area contributed by atoms with Gasteiger partial charge in [0.05, 0.1) is 22.3 Å². The summed E-state index contributed by atoms with van der Waals surface area (Å²) in [6, 6.07) is 10.5. The van der Waals surface area contributed by atoms with Crippen molar-refractivity contribution in [2.75, 3.05) is 6.54 Å². The Labute approximate surface area is 178 Å². The Bertz CT molecular complexity index is 1160. The number of aryl methyl sites for hydroxylation is 1. The number of carbonyl (C=O) groups excluding carboxylic acids is 1. The monoisotopic (exact) mass is 420 g/mol. The molecule has 1 saturated carbocycles. The van der Waals surface area contributed by atoms with Gasteiger partial charge in [-0.25, -0.2) is 5.43 Å². The van der Waals surface area contributed by atoms with Gasteiger partial charge in [-0.3, -0.25) is 14.9 Å². The molecule has 4 N–H and O–H groups in total. The first-order valence-electron chi connectivity index (χ1n) is 10.3. The molecule has 3 heterocycles. The maximum Gasteiger partial charge on any atom is 0.237 e. The molecule has 2 fully saturated rings. The van der Waals surface area contributed by atoms with E-state index in [4.69, 9.17) is 5.73 Å². The van der Waals surface area contributed by atoms with Crippen LogP contribution < -0.4 is 16.6 Å². The third-order valence-corrected chi connectivity index (χ3v) is 7.89. The van der Waals surface area contributed by atoms with Crippen LogP contribution in [-0.2, 0) is 11.8 Å². The van der Waals surface area contributed by atoms with Gasteiger partial charge in [-0.15, -0.1) is 11.3 Å². The molecule has 30 heavy (non-hydrogen) atoms. The summed E-state index contributed by atoms with van der Waals surface area (Å²) in [7, 11) is 1.94. The number of nitrogens with one attached hydrogen (secondary N) is 2. The largest absolute Gasteiger partial charge is 0.329 e. The summed E-state index contributed by atoms with van der Waals surface area (Å²) in [6.45, 7) is 0.489. The van der Waals surface area contributed by atoms with E-state index in [0.717, 1.165) is 39.9 Å². The zero-order chi connectivity index (χ0) is 20.8. The topological polar surface area (TPSA) is 109 Å². The molecular weight excluding hydrogens is 396 g/mol. The first kappa shape index (κ1) is 19.2. The number of fused-ring (bicyclic) bond motifs is 2. The standard InChI is InChI=1S/C22H24N6OS/c1-28-20(21-16(9-23)13-4-2-3-5-19(13)30-21)17(11-25-28)12-6-7-14-15(8-12)18(10-24)26-27-22(14)29/h2-5,11-12,14-15,18,26H,6-8,10,24H2,1H3,(H,27,29). The number of hydrogen-bond acceptors (Lipinski definition) is 6. The molecule has 4 unspecified atom stereocenters. The third-order valence-electron chi connectivity index (χ3n) is 6.72. The fourth-order valence-electron chi connectivity index (χ4n) is 5.21. The highest BCUT2D eigenvalue weighted by molar-refractivity contribution is 7.22. The molecule has 1 aliphatic carbocycles. The average Bonchev–Trinajstić information content (AvgIpc) is 3.33. The second-order valence-corrected chi connectivity index (χ2v) is 9.29. The fourth-order valence-corrected chi connectivity index (χ4v) is 6.46. The highest BCUT2D eigenvalue weighted by Gasteiger charge is 2.43. The van der Waals surface area contributed by atoms with E-state index in [1.165, 1.54) is 5.56 Å². The van der Waals surface area contributed by atoms with Crippen molar-refractivity contribution >= 4 is 27.3 Å². The number of rotatable bonds is 3. The first-order valence-corrected chi connectivity index (χ1v) is 11.1. The minimum Gasteiger partial charge on any atom is -0.329 e. The predicted octanol–water partition coefficient (Wildman–Crippen LogP) is 2.64. The van der Waals surface area contributed by atoms with Crippen LogP contribution in [0.15, 0.2) is 30.5 Å². The lowest BCUT2D eigenvalue weighted by molar-refractivity contribution is -0.133. The summed E-state index contributed by atoms with van der Waals surface area (Å²) in [5, 5.41) is 15.5. The van der Waals surface area contributed by atoms with Crippen molar-refractivity contribution in [1.29, 1.82) is 5.26 Å². The molecule has 0 bridgehead atoms. The van der Waals surface area contributed by atoms with Gasteiger partial charge in [0.15, 0.2) is 0 Å². The zero-order valence-corrected chi connectivity index (χ0v) is 17.6. The number of benzene rings is 1. The highest BCUT2D eigenvalue weighted by Crippen LogP contribution is 2.47. The van der Waals surface area contributed by atoms with Crippen molar-refractivity contribution in [1.82, 2.24) is 20.6 Å². The molecule has 1 aromatic carbocycles. The van der Waals surface area contributed by atoms with E-state index in [9.17, 15) is 10.1 Å². The lowest BCUT2D eigenvalue weighted by Crippen LogP contribution is -2.62. The second kappa shape index (κ2) is 7.51. The van der Waals surface area contributed by atoms with Crippen molar-refractivity contribution < 1.29 is 4.79 Å². The number of aromatic nitrogens is 2. The van der Waals surface area contributed by atoms with Gasteiger partial charge >= 0.3 is 0 Å². The number of amides is 1. The molecular formula is C22H24N6OS. The van der Waals surface area contributed by atoms with Crippen molar-refractivity contribution in [3.8, 4) is 16.6 Å². The molecule has 3 aromatic rings. The van der Waals surface area contributed by atoms with E-state index < -0.39 is 0 Å². The van der Waals surface area contributed by atoms with Gasteiger partial charge in [-0.2, -0.15) is 10.4 Å². The molecule has 5 rings (SSSR count). The normalized spacial score (nSPS) is 26.2. The quantitative estimate of drug-likeness (QED) is 0.604. The summed E-state index contributed by atoms with van der Waals surface area (Å²) in [4.78, 5) is 13.3. The number of nitrogens with zero attached hydrogens (tertiary/aromatic N) is 3. The molecule has 0 radical (unpaired) electrons. The first-order chi connectivity index (χ1) is 14.6. The van der Waals surface area contributed by atoms with E-state index >= 15 is 0 Å². The SMILES string of the molecule is Cn1ncc(C2CCC3C(=O)NNC(CN)C3C2)c1-c1sc2ccccc2c1C#N. The smallest absolute Gasteiger partial charge is 0.237 e. The number of nitrogens with two attached hydrogens (primary N) is 1. The number of hydrogen-bond donors (Lipinski definition) is 3. The molecule has 8 heteroatoms. The van der Waals surface area contributed by atoms with E-state index in [0.29, 0.717) is 12.1 Å². The number of thiophene rings is 1. The van der Waals surface area contributed by atoms with Crippen LogP contribution in [0.2, 0.25) is 0 Å². The molecule has 1 aliphatic heterocycles. The molecule has 2 aliphatic rings. The van der Waals surface area contributed by atoms with Crippen LogP contribution in [0.5, 0.6) is 0 Å². The minimum atomic E-state index is 0.00941. The minimum absolute atomic E-state index is 0.00941. The van der Waals surface area contributed by atoms with Gasteiger partial charge < -0.3 is 5.73 Å². The number of carbonyl (C=O) groups is 1. The van der Waals surface area contributed by atoms with Crippen LogP contribution in [0.3, 0.4) is 0 Å². The summed E-state index contributed by atoms with van der Waals surface area (Å²) >= 11 is 1.65. The van der Waals surface area contributed by atoms with Gasteiger partial charge in [-0.1, -0.05) is 18.2 Å². The average molecular weight is 421 g/mol. The Hall–Kier alpha value is -2.73. The molecule has 7 nitrogen and oxygen atoms in total. The van der Waals surface area contributed by atoms with Crippen LogP contribution in [0, 0.1) is 23.2 Å². The van der Waals surface area contributed by atoms with Gasteiger partial charge in [0, 0.05) is 41.2 Å². The Morgan fingerprint density at radius 2 is 2.20 bits per heavy atom. The summed E-state index contributed by atoms with van der Waals surface area (Å²) in [5.74, 6) is 0.572. The number of nitriles is 1. The van der Waals surface area contributed by atoms with Gasteiger partial charge in [0.2, 0.25) is 5.91 Å². The van der Waals surface area contributed by atoms with Crippen molar-refractivity contribution in [3.05, 3.63) is 41.6 Å². The van der Waals surface area contributed by atoms with Crippen LogP contribution in [0.1, 0.15) is 36.3 Å². The Kier molecular flexibility index (Phi) is 4.82. The lowest BCUT2D eigenvalue weighted by Gasteiger charge is -2.43. The predicted molar refractivity (Wildman–Crippen MR) is 116 cm³/mol. The van der Waals surface area contributed by atoms with Crippen LogP contribution in [-0.4, -0.2) is 28.3 Å². The van der Waals surface area contributed by atoms with Gasteiger partial charge in [0.1, 0.15) is 6.07 Å². The Morgan fingerprint density at radius 3 is 3.00 bits per heavy atom. The zero-order valence-electron chi connectivity index (χ0n) is 16.8. The third kappa shape index (κ3) is 2.93. The number of hydrazine groups is 1. The van der Waals surface area contributed by atoms with Crippen LogP contribution >= 0.6 is 11.3 Å². The van der Waals surface area contributed by atoms with Crippen LogP contribution in [0.25, 0.3) is 20.7 Å². The molecule has 154 valence electrons. The van der Waals surface area contributed by atoms with Crippen LogP contribution in [0.4, 0.5) is 0 Å². The summed E-state index contributed by atoms with van der Waals surface area (Å²) in [5.41, 5.74) is 14.8. The van der Waals surface area contributed by atoms with Crippen molar-refractivity contribution in [2.45, 2.75) is 31.2 Å². The molecule has 2 aromatic heterocycles. The fraction of sp³-hybridized carbons (Fsp3) is 0.409.